The average Bonchev–Trinajstić information content (AvgIpc) is 2.59. The molecule has 0 saturated heterocycles. The van der Waals surface area contributed by atoms with E-state index in [0.29, 0.717) is 6.54 Å². The third kappa shape index (κ3) is 3.13. The van der Waals surface area contributed by atoms with Crippen LogP contribution >= 0.6 is 27.3 Å². The third-order valence-corrected chi connectivity index (χ3v) is 3.45. The second kappa shape index (κ2) is 5.13. The molecule has 0 aliphatic heterocycles. The van der Waals surface area contributed by atoms with Gasteiger partial charge in [0.05, 0.1) is 3.79 Å². The third-order valence-electron chi connectivity index (χ3n) is 1.76. The summed E-state index contributed by atoms with van der Waals surface area (Å²) in [5, 5.41) is 8.36. The largest absolute Gasteiger partial charge is 0.333 e. The van der Waals surface area contributed by atoms with Gasteiger partial charge in [0, 0.05) is 18.5 Å². The molecule has 1 aromatic heterocycles. The number of rotatable bonds is 3. The van der Waals surface area contributed by atoms with Crippen molar-refractivity contribution in [2.45, 2.75) is 6.42 Å². The number of nitriles is 1. The van der Waals surface area contributed by atoms with Gasteiger partial charge in [-0.1, -0.05) is 0 Å². The lowest BCUT2D eigenvalue weighted by Gasteiger charge is -2.11. The predicted octanol–water partition coefficient (Wildman–Crippen LogP) is 2.04. The number of hydrogen-bond donors (Lipinski definition) is 0. The van der Waals surface area contributed by atoms with Crippen molar-refractivity contribution in [2.75, 3.05) is 13.6 Å². The number of amides is 1. The van der Waals surface area contributed by atoms with Gasteiger partial charge in [0.25, 0.3) is 0 Å². The van der Waals surface area contributed by atoms with Crippen molar-refractivity contribution in [1.82, 2.24) is 4.90 Å². The van der Waals surface area contributed by atoms with E-state index in [1.165, 1.54) is 9.78 Å². The summed E-state index contributed by atoms with van der Waals surface area (Å²) in [5.41, 5.74) is 0. The van der Waals surface area contributed by atoms with Crippen molar-refractivity contribution in [3.63, 3.8) is 0 Å². The Hall–Kier alpha value is -0.860. The maximum Gasteiger partial charge on any atom is 0.324 e. The topological polar surface area (TPSA) is 44.1 Å². The van der Waals surface area contributed by atoms with E-state index < -0.39 is 5.91 Å². The molecule has 1 aromatic rings. The zero-order valence-electron chi connectivity index (χ0n) is 7.66. The van der Waals surface area contributed by atoms with Gasteiger partial charge in [-0.05, 0) is 34.5 Å². The zero-order chi connectivity index (χ0) is 10.6. The van der Waals surface area contributed by atoms with Crippen molar-refractivity contribution >= 4 is 33.2 Å². The lowest BCUT2D eigenvalue weighted by molar-refractivity contribution is -0.124. The molecule has 0 bridgehead atoms. The minimum atomic E-state index is -0.486. The molecule has 0 radical (unpaired) electrons. The first-order chi connectivity index (χ1) is 6.63. The molecule has 0 unspecified atom stereocenters. The molecule has 1 heterocycles. The van der Waals surface area contributed by atoms with Crippen molar-refractivity contribution in [3.05, 3.63) is 20.8 Å². The molecule has 3 nitrogen and oxygen atoms in total. The predicted molar refractivity (Wildman–Crippen MR) is 59.0 cm³/mol. The molecule has 0 N–H and O–H groups in total. The van der Waals surface area contributed by atoms with E-state index in [2.05, 4.69) is 15.9 Å². The van der Waals surface area contributed by atoms with Crippen LogP contribution in [0.1, 0.15) is 4.88 Å². The van der Waals surface area contributed by atoms with Crippen LogP contribution < -0.4 is 0 Å². The first-order valence-electron chi connectivity index (χ1n) is 4.03. The normalized spacial score (nSPS) is 9.50. The van der Waals surface area contributed by atoms with Gasteiger partial charge in [-0.2, -0.15) is 5.26 Å². The van der Waals surface area contributed by atoms with E-state index in [9.17, 15) is 4.79 Å². The Morgan fingerprint density at radius 1 is 1.71 bits per heavy atom. The summed E-state index contributed by atoms with van der Waals surface area (Å²) < 4.78 is 1.08. The molecule has 1 rings (SSSR count). The molecule has 5 heteroatoms. The molecule has 0 aliphatic rings. The Bertz CT molecular complexity index is 369. The van der Waals surface area contributed by atoms with Gasteiger partial charge in [-0.25, -0.2) is 0 Å². The summed E-state index contributed by atoms with van der Waals surface area (Å²) in [4.78, 5) is 13.5. The van der Waals surface area contributed by atoms with Crippen molar-refractivity contribution in [2.24, 2.45) is 0 Å². The van der Waals surface area contributed by atoms with Gasteiger partial charge in [0.15, 0.2) is 6.07 Å². The van der Waals surface area contributed by atoms with E-state index in [-0.39, 0.29) is 0 Å². The quantitative estimate of drug-likeness (QED) is 0.791. The van der Waals surface area contributed by atoms with Crippen LogP contribution in [0.4, 0.5) is 0 Å². The number of nitrogens with zero attached hydrogens (tertiary/aromatic N) is 2. The Morgan fingerprint density at radius 2 is 2.43 bits per heavy atom. The molecule has 1 amide bonds. The second-order valence-electron chi connectivity index (χ2n) is 2.79. The lowest BCUT2D eigenvalue weighted by atomic mass is 10.3. The van der Waals surface area contributed by atoms with E-state index >= 15 is 0 Å². The van der Waals surface area contributed by atoms with Crippen LogP contribution in [0.25, 0.3) is 0 Å². The number of likely N-dealkylation sites (N-methyl/N-ethyl adjacent to an activating group) is 1. The molecule has 74 valence electrons. The molecule has 14 heavy (non-hydrogen) atoms. The van der Waals surface area contributed by atoms with E-state index in [1.807, 2.05) is 12.1 Å². The SMILES string of the molecule is CN(CCc1ccc(Br)s1)C(=O)C#N. The van der Waals surface area contributed by atoms with Crippen LogP contribution in [-0.4, -0.2) is 24.4 Å². The molecule has 0 atom stereocenters. The summed E-state index contributed by atoms with van der Waals surface area (Å²) in [5.74, 6) is -0.486. The smallest absolute Gasteiger partial charge is 0.324 e. The molecular weight excluding hydrogens is 264 g/mol. The molecule has 0 fully saturated rings. The average molecular weight is 273 g/mol. The highest BCUT2D eigenvalue weighted by Gasteiger charge is 2.07. The van der Waals surface area contributed by atoms with E-state index in [0.717, 1.165) is 10.2 Å². The first-order valence-corrected chi connectivity index (χ1v) is 5.64. The molecule has 0 aromatic carbocycles. The minimum absolute atomic E-state index is 0.486. The number of hydrogen-bond acceptors (Lipinski definition) is 3. The highest BCUT2D eigenvalue weighted by Crippen LogP contribution is 2.22. The minimum Gasteiger partial charge on any atom is -0.333 e. The summed E-state index contributed by atoms with van der Waals surface area (Å²) in [6.45, 7) is 0.583. The fourth-order valence-electron chi connectivity index (χ4n) is 0.951. The molecular formula is C9H9BrN2OS. The molecule has 0 aliphatic carbocycles. The van der Waals surface area contributed by atoms with Crippen molar-refractivity contribution in [3.8, 4) is 6.07 Å². The Kier molecular flexibility index (Phi) is 4.11. The summed E-state index contributed by atoms with van der Waals surface area (Å²) in [6, 6.07) is 5.58. The van der Waals surface area contributed by atoms with Gasteiger partial charge >= 0.3 is 5.91 Å². The second-order valence-corrected chi connectivity index (χ2v) is 5.34. The van der Waals surface area contributed by atoms with E-state index in [1.54, 1.807) is 24.5 Å². The highest BCUT2D eigenvalue weighted by atomic mass is 79.9. The van der Waals surface area contributed by atoms with Gasteiger partial charge in [0.1, 0.15) is 0 Å². The zero-order valence-corrected chi connectivity index (χ0v) is 10.1. The van der Waals surface area contributed by atoms with Crippen LogP contribution in [-0.2, 0) is 11.2 Å². The van der Waals surface area contributed by atoms with Gasteiger partial charge in [0.2, 0.25) is 0 Å². The van der Waals surface area contributed by atoms with Crippen LogP contribution in [0.5, 0.6) is 0 Å². The van der Waals surface area contributed by atoms with Crippen LogP contribution in [0.15, 0.2) is 15.9 Å². The monoisotopic (exact) mass is 272 g/mol. The van der Waals surface area contributed by atoms with Crippen molar-refractivity contribution < 1.29 is 4.79 Å². The summed E-state index contributed by atoms with van der Waals surface area (Å²) in [6.07, 6.45) is 0.792. The number of carbonyl (C=O) groups is 1. The van der Waals surface area contributed by atoms with Gasteiger partial charge in [-0.3, -0.25) is 4.79 Å². The van der Waals surface area contributed by atoms with Gasteiger partial charge in [-0.15, -0.1) is 11.3 Å². The van der Waals surface area contributed by atoms with Crippen LogP contribution in [0.3, 0.4) is 0 Å². The Morgan fingerprint density at radius 3 is 2.93 bits per heavy atom. The lowest BCUT2D eigenvalue weighted by Crippen LogP contribution is -2.27. The van der Waals surface area contributed by atoms with E-state index in [4.69, 9.17) is 5.26 Å². The standard InChI is InChI=1S/C9H9BrN2OS/c1-12(9(13)6-11)5-4-7-2-3-8(10)14-7/h2-3H,4-5H2,1H3. The van der Waals surface area contributed by atoms with Crippen LogP contribution in [0, 0.1) is 11.3 Å². The Labute approximate surface area is 95.1 Å². The van der Waals surface area contributed by atoms with Gasteiger partial charge < -0.3 is 4.90 Å². The first kappa shape index (κ1) is 11.2. The number of carbonyl (C=O) groups excluding carboxylic acids is 1. The fraction of sp³-hybridized carbons (Fsp3) is 0.333. The highest BCUT2D eigenvalue weighted by molar-refractivity contribution is 9.11. The molecule has 0 spiro atoms. The molecule has 0 saturated carbocycles. The maximum absolute atomic E-state index is 10.9. The summed E-state index contributed by atoms with van der Waals surface area (Å²) >= 11 is 5.01. The maximum atomic E-state index is 10.9. The van der Waals surface area contributed by atoms with Crippen molar-refractivity contribution in [1.29, 1.82) is 5.26 Å². The number of thiophene rings is 1. The number of halogens is 1. The fourth-order valence-corrected chi connectivity index (χ4v) is 2.42. The Balaban J connectivity index is 2.42. The summed E-state index contributed by atoms with van der Waals surface area (Å²) in [7, 11) is 1.63. The van der Waals surface area contributed by atoms with Crippen LogP contribution in [0.2, 0.25) is 0 Å².